The molecule has 0 bridgehead atoms. The lowest BCUT2D eigenvalue weighted by molar-refractivity contribution is -0.141. The predicted molar refractivity (Wildman–Crippen MR) is 86.6 cm³/mol. The average molecular weight is 317 g/mol. The summed E-state index contributed by atoms with van der Waals surface area (Å²) in [6, 6.07) is 3.72. The molecule has 23 heavy (non-hydrogen) atoms. The number of likely N-dealkylation sites (tertiary alicyclic amines) is 1. The Kier molecular flexibility index (Phi) is 4.79. The average Bonchev–Trinajstić information content (AvgIpc) is 2.91. The fourth-order valence-electron chi connectivity index (χ4n) is 3.33. The Morgan fingerprint density at radius 2 is 1.83 bits per heavy atom. The molecule has 3 rings (SSSR count). The van der Waals surface area contributed by atoms with Gasteiger partial charge in [0.05, 0.1) is 11.5 Å². The fraction of sp³-hybridized carbons (Fsp3) is 0.588. The molecule has 0 aliphatic carbocycles. The van der Waals surface area contributed by atoms with Crippen LogP contribution in [0, 0.1) is 5.92 Å². The molecule has 0 radical (unpaired) electrons. The minimum absolute atomic E-state index is 0.122. The molecule has 0 aromatic carbocycles. The number of carbonyl (C=O) groups is 2. The van der Waals surface area contributed by atoms with E-state index in [1.165, 1.54) is 25.7 Å². The van der Waals surface area contributed by atoms with Crippen molar-refractivity contribution in [3.8, 4) is 0 Å². The number of rotatable bonds is 3. The molecule has 1 N–H and O–H groups in total. The van der Waals surface area contributed by atoms with Gasteiger partial charge in [-0.15, -0.1) is 0 Å². The number of amides is 1. The summed E-state index contributed by atoms with van der Waals surface area (Å²) in [5.74, 6) is -0.463. The molecule has 2 fully saturated rings. The summed E-state index contributed by atoms with van der Waals surface area (Å²) >= 11 is 0. The summed E-state index contributed by atoms with van der Waals surface area (Å²) in [5, 5.41) is 9.03. The Morgan fingerprint density at radius 3 is 2.39 bits per heavy atom. The Hall–Kier alpha value is -2.11. The number of anilines is 1. The number of aliphatic carboxylic acids is 1. The van der Waals surface area contributed by atoms with Crippen molar-refractivity contribution in [1.29, 1.82) is 0 Å². The highest BCUT2D eigenvalue weighted by atomic mass is 16.4. The van der Waals surface area contributed by atoms with Gasteiger partial charge in [-0.1, -0.05) is 12.8 Å². The van der Waals surface area contributed by atoms with Crippen LogP contribution in [-0.4, -0.2) is 53.0 Å². The molecular weight excluding hydrogens is 294 g/mol. The summed E-state index contributed by atoms with van der Waals surface area (Å²) in [6.07, 6.45) is 7.07. The maximum atomic E-state index is 12.4. The molecule has 0 spiro atoms. The molecule has 2 aliphatic rings. The highest BCUT2D eigenvalue weighted by Crippen LogP contribution is 2.21. The zero-order valence-corrected chi connectivity index (χ0v) is 13.3. The van der Waals surface area contributed by atoms with E-state index in [4.69, 9.17) is 5.11 Å². The van der Waals surface area contributed by atoms with Crippen molar-refractivity contribution in [3.05, 3.63) is 23.9 Å². The van der Waals surface area contributed by atoms with Crippen molar-refractivity contribution in [3.63, 3.8) is 0 Å². The second-order valence-corrected chi connectivity index (χ2v) is 6.38. The van der Waals surface area contributed by atoms with Crippen LogP contribution in [0.1, 0.15) is 42.5 Å². The smallest absolute Gasteiger partial charge is 0.308 e. The van der Waals surface area contributed by atoms with Gasteiger partial charge >= 0.3 is 5.97 Å². The van der Waals surface area contributed by atoms with E-state index < -0.39 is 11.9 Å². The van der Waals surface area contributed by atoms with Crippen molar-refractivity contribution in [2.24, 2.45) is 5.92 Å². The Morgan fingerprint density at radius 1 is 1.09 bits per heavy atom. The normalized spacial score (nSPS) is 22.0. The van der Waals surface area contributed by atoms with E-state index in [-0.39, 0.29) is 5.91 Å². The third-order valence-electron chi connectivity index (χ3n) is 4.75. The lowest BCUT2D eigenvalue weighted by Crippen LogP contribution is -2.30. The number of hydrogen-bond donors (Lipinski definition) is 1. The molecule has 3 heterocycles. The number of hydrogen-bond acceptors (Lipinski definition) is 4. The number of pyridine rings is 1. The van der Waals surface area contributed by atoms with Crippen molar-refractivity contribution >= 4 is 17.7 Å². The predicted octanol–water partition coefficient (Wildman–Crippen LogP) is 2.01. The van der Waals surface area contributed by atoms with E-state index in [1.54, 1.807) is 11.1 Å². The molecule has 1 atom stereocenters. The first-order chi connectivity index (χ1) is 11.1. The van der Waals surface area contributed by atoms with Crippen molar-refractivity contribution in [2.45, 2.75) is 32.1 Å². The third-order valence-corrected chi connectivity index (χ3v) is 4.75. The van der Waals surface area contributed by atoms with Crippen LogP contribution in [0.15, 0.2) is 18.3 Å². The minimum atomic E-state index is -0.824. The maximum absolute atomic E-state index is 12.4. The van der Waals surface area contributed by atoms with Crippen LogP contribution in [0.4, 0.5) is 5.82 Å². The standard InChI is InChI=1S/C17H23N3O3/c21-16(20-10-7-14(12-20)17(22)23)13-5-6-15(18-11-13)19-8-3-1-2-4-9-19/h5-6,11,14H,1-4,7-10,12H2,(H,22,23). The number of carboxylic acids is 1. The lowest BCUT2D eigenvalue weighted by atomic mass is 10.1. The van der Waals surface area contributed by atoms with Gasteiger partial charge in [0, 0.05) is 32.4 Å². The van der Waals surface area contributed by atoms with Gasteiger partial charge in [0.15, 0.2) is 0 Å². The molecule has 1 unspecified atom stereocenters. The van der Waals surface area contributed by atoms with Gasteiger partial charge in [-0.25, -0.2) is 4.98 Å². The Bertz CT molecular complexity index is 565. The molecule has 1 aromatic rings. The van der Waals surface area contributed by atoms with Gasteiger partial charge in [0.25, 0.3) is 5.91 Å². The summed E-state index contributed by atoms with van der Waals surface area (Å²) < 4.78 is 0. The molecule has 1 amide bonds. The van der Waals surface area contributed by atoms with Crippen LogP contribution >= 0.6 is 0 Å². The zero-order chi connectivity index (χ0) is 16.2. The summed E-state index contributed by atoms with van der Waals surface area (Å²) in [4.78, 5) is 31.8. The van der Waals surface area contributed by atoms with E-state index in [9.17, 15) is 9.59 Å². The molecule has 2 aliphatic heterocycles. The van der Waals surface area contributed by atoms with Crippen LogP contribution in [0.25, 0.3) is 0 Å². The monoisotopic (exact) mass is 317 g/mol. The summed E-state index contributed by atoms with van der Waals surface area (Å²) in [5.41, 5.74) is 0.537. The fourth-order valence-corrected chi connectivity index (χ4v) is 3.33. The van der Waals surface area contributed by atoms with E-state index in [1.807, 2.05) is 12.1 Å². The number of carboxylic acid groups (broad SMARTS) is 1. The van der Waals surface area contributed by atoms with Crippen molar-refractivity contribution in [1.82, 2.24) is 9.88 Å². The van der Waals surface area contributed by atoms with Gasteiger partial charge in [-0.2, -0.15) is 0 Å². The van der Waals surface area contributed by atoms with Crippen molar-refractivity contribution < 1.29 is 14.7 Å². The van der Waals surface area contributed by atoms with Crippen molar-refractivity contribution in [2.75, 3.05) is 31.1 Å². The Labute approximate surface area is 136 Å². The van der Waals surface area contributed by atoms with Gasteiger partial charge in [0.1, 0.15) is 5.82 Å². The maximum Gasteiger partial charge on any atom is 0.308 e. The third kappa shape index (κ3) is 3.63. The second-order valence-electron chi connectivity index (χ2n) is 6.38. The molecule has 1 aromatic heterocycles. The first-order valence-electron chi connectivity index (χ1n) is 8.38. The van der Waals surface area contributed by atoms with Gasteiger partial charge in [-0.05, 0) is 31.4 Å². The molecule has 0 saturated carbocycles. The van der Waals surface area contributed by atoms with Gasteiger partial charge in [0.2, 0.25) is 0 Å². The van der Waals surface area contributed by atoms with Crippen LogP contribution in [-0.2, 0) is 4.79 Å². The van der Waals surface area contributed by atoms with Crippen LogP contribution < -0.4 is 4.90 Å². The first-order valence-corrected chi connectivity index (χ1v) is 8.38. The molecule has 6 heteroatoms. The highest BCUT2D eigenvalue weighted by Gasteiger charge is 2.31. The highest BCUT2D eigenvalue weighted by molar-refractivity contribution is 5.94. The zero-order valence-electron chi connectivity index (χ0n) is 13.3. The van der Waals surface area contributed by atoms with E-state index in [2.05, 4.69) is 9.88 Å². The van der Waals surface area contributed by atoms with Crippen LogP contribution in [0.5, 0.6) is 0 Å². The number of aromatic nitrogens is 1. The first kappa shape index (κ1) is 15.8. The van der Waals surface area contributed by atoms with Crippen LogP contribution in [0.2, 0.25) is 0 Å². The largest absolute Gasteiger partial charge is 0.481 e. The summed E-state index contributed by atoms with van der Waals surface area (Å²) in [6.45, 7) is 2.84. The molecule has 2 saturated heterocycles. The SMILES string of the molecule is O=C(O)C1CCN(C(=O)c2ccc(N3CCCCCC3)nc2)C1. The van der Waals surface area contributed by atoms with E-state index in [0.29, 0.717) is 25.1 Å². The lowest BCUT2D eigenvalue weighted by Gasteiger charge is -2.22. The quantitative estimate of drug-likeness (QED) is 0.923. The van der Waals surface area contributed by atoms with E-state index >= 15 is 0 Å². The molecule has 6 nitrogen and oxygen atoms in total. The molecular formula is C17H23N3O3. The van der Waals surface area contributed by atoms with E-state index in [0.717, 1.165) is 18.9 Å². The number of nitrogens with zero attached hydrogens (tertiary/aromatic N) is 3. The molecule has 124 valence electrons. The Balaban J connectivity index is 1.65. The van der Waals surface area contributed by atoms with Crippen LogP contribution in [0.3, 0.4) is 0 Å². The minimum Gasteiger partial charge on any atom is -0.481 e. The second kappa shape index (κ2) is 6.98. The van der Waals surface area contributed by atoms with Gasteiger partial charge < -0.3 is 14.9 Å². The van der Waals surface area contributed by atoms with Gasteiger partial charge in [-0.3, -0.25) is 9.59 Å². The topological polar surface area (TPSA) is 73.7 Å². The number of carbonyl (C=O) groups excluding carboxylic acids is 1. The summed E-state index contributed by atoms with van der Waals surface area (Å²) in [7, 11) is 0.